The number of rotatable bonds is 10. The molecule has 35 heavy (non-hydrogen) atoms. The molecule has 1 aliphatic heterocycles. The van der Waals surface area contributed by atoms with Crippen LogP contribution in [-0.2, 0) is 24.4 Å². The minimum Gasteiger partial charge on any atom is -0.480 e. The van der Waals surface area contributed by atoms with Gasteiger partial charge >= 0.3 is 5.97 Å². The number of nitrogens with one attached hydrogen (secondary N) is 4. The minimum absolute atomic E-state index is 0. The van der Waals surface area contributed by atoms with Crippen molar-refractivity contribution < 1.29 is 32.5 Å². The van der Waals surface area contributed by atoms with E-state index < -0.39 is 40.6 Å². The van der Waals surface area contributed by atoms with Crippen molar-refractivity contribution in [2.75, 3.05) is 6.54 Å². The number of hydrogen-bond acceptors (Lipinski definition) is 9. The number of benzene rings is 1. The largest absolute Gasteiger partial charge is 0.480 e. The van der Waals surface area contributed by atoms with Gasteiger partial charge in [-0.1, -0.05) is 29.4 Å². The van der Waals surface area contributed by atoms with Crippen LogP contribution in [0.4, 0.5) is 0 Å². The molecule has 1 unspecified atom stereocenters. The number of aryl methyl sites for hydroxylation is 2. The molecular weight excluding hydrogens is 504 g/mol. The Hall–Kier alpha value is -3.04. The third kappa shape index (κ3) is 6.99. The lowest BCUT2D eigenvalue weighted by Crippen LogP contribution is -2.48. The van der Waals surface area contributed by atoms with Crippen molar-refractivity contribution in [3.63, 3.8) is 0 Å². The highest BCUT2D eigenvalue weighted by Crippen LogP contribution is 2.27. The fraction of sp³-hybridized carbons (Fsp3) is 0.400. The molecule has 3 rings (SSSR count). The highest BCUT2D eigenvalue weighted by Gasteiger charge is 2.32. The first-order valence-electron chi connectivity index (χ1n) is 10.3. The van der Waals surface area contributed by atoms with Gasteiger partial charge in [-0.2, -0.15) is 10.2 Å². The molecule has 0 spiro atoms. The molecule has 2 aromatic rings. The lowest BCUT2D eigenvalue weighted by atomic mass is 9.99. The maximum atomic E-state index is 12.6. The molecule has 1 aromatic carbocycles. The lowest BCUT2D eigenvalue weighted by Gasteiger charge is -2.16. The van der Waals surface area contributed by atoms with Gasteiger partial charge in [0, 0.05) is 12.1 Å². The van der Waals surface area contributed by atoms with Gasteiger partial charge in [0.1, 0.15) is 22.5 Å². The molecule has 1 aliphatic rings. The number of nitrogen functional groups attached to an aromatic ring is 1. The molecule has 15 heteroatoms. The summed E-state index contributed by atoms with van der Waals surface area (Å²) >= 11 is 0. The summed E-state index contributed by atoms with van der Waals surface area (Å²) in [5, 5.41) is 22.8. The van der Waals surface area contributed by atoms with Gasteiger partial charge in [-0.25, -0.2) is 8.42 Å². The minimum atomic E-state index is -4.23. The second kappa shape index (κ2) is 11.6. The molecule has 1 amide bonds. The Balaban J connectivity index is 0.00000432. The van der Waals surface area contributed by atoms with Crippen molar-refractivity contribution in [1.82, 2.24) is 20.7 Å². The summed E-state index contributed by atoms with van der Waals surface area (Å²) in [6.45, 7) is 2.35. The van der Waals surface area contributed by atoms with Gasteiger partial charge in [0.25, 0.3) is 0 Å². The molecular formula is C20H27ClN6O7S. The van der Waals surface area contributed by atoms with Gasteiger partial charge in [0.15, 0.2) is 5.76 Å². The van der Waals surface area contributed by atoms with Gasteiger partial charge in [0.05, 0.1) is 18.6 Å². The topological polar surface area (TPSA) is 210 Å². The second-order valence-electron chi connectivity index (χ2n) is 7.86. The van der Waals surface area contributed by atoms with Crippen LogP contribution >= 0.6 is 12.4 Å². The maximum absolute atomic E-state index is 12.6. The number of carbonyl (C=O) groups excluding carboxylic acids is 1. The number of carbonyl (C=O) groups is 2. The van der Waals surface area contributed by atoms with Gasteiger partial charge in [-0.05, 0) is 25.8 Å². The van der Waals surface area contributed by atoms with Gasteiger partial charge in [-0.15, -0.1) is 12.4 Å². The fourth-order valence-electron chi connectivity index (χ4n) is 3.54. The zero-order chi connectivity index (χ0) is 25.0. The maximum Gasteiger partial charge on any atom is 0.323 e. The third-order valence-corrected chi connectivity index (χ3v) is 6.96. The zero-order valence-corrected chi connectivity index (χ0v) is 20.5. The number of aromatic nitrogens is 1. The van der Waals surface area contributed by atoms with E-state index in [0.29, 0.717) is 12.0 Å². The van der Waals surface area contributed by atoms with Crippen LogP contribution in [0.3, 0.4) is 0 Å². The van der Waals surface area contributed by atoms with Crippen molar-refractivity contribution in [1.29, 1.82) is 5.41 Å². The van der Waals surface area contributed by atoms with Crippen molar-refractivity contribution in [2.45, 2.75) is 49.8 Å². The number of carboxylic acids is 1. The SMILES string of the molecule is Cc1noc(C)c1S(=O)(=O)N[C@@H](CNC(=O)C[C@H]1CC(c2ccc(C(=N)N)cc2)NO1)C(=O)O.Cl. The number of amidine groups is 1. The van der Waals surface area contributed by atoms with E-state index in [9.17, 15) is 23.1 Å². The molecule has 7 N–H and O–H groups in total. The second-order valence-corrected chi connectivity index (χ2v) is 9.51. The number of halogens is 1. The number of nitrogens with two attached hydrogens (primary N) is 1. The van der Waals surface area contributed by atoms with Crippen LogP contribution in [-0.4, -0.2) is 55.1 Å². The molecule has 0 radical (unpaired) electrons. The van der Waals surface area contributed by atoms with Crippen molar-refractivity contribution in [2.24, 2.45) is 5.73 Å². The average Bonchev–Trinajstić information content (AvgIpc) is 3.37. The van der Waals surface area contributed by atoms with Crippen LogP contribution in [0.1, 0.15) is 41.5 Å². The average molecular weight is 531 g/mol. The zero-order valence-electron chi connectivity index (χ0n) is 18.9. The Kier molecular flexibility index (Phi) is 9.34. The smallest absolute Gasteiger partial charge is 0.323 e. The van der Waals surface area contributed by atoms with E-state index in [1.807, 2.05) is 12.1 Å². The Morgan fingerprint density at radius 2 is 1.97 bits per heavy atom. The lowest BCUT2D eigenvalue weighted by molar-refractivity contribution is -0.139. The molecule has 0 bridgehead atoms. The number of aliphatic carboxylic acids is 1. The summed E-state index contributed by atoms with van der Waals surface area (Å²) in [4.78, 5) is 29.1. The summed E-state index contributed by atoms with van der Waals surface area (Å²) in [6.07, 6.45) is -0.0500. The number of hydrogen-bond donors (Lipinski definition) is 6. The van der Waals surface area contributed by atoms with Crippen molar-refractivity contribution in [3.05, 3.63) is 46.8 Å². The van der Waals surface area contributed by atoms with Gasteiger partial charge in [0.2, 0.25) is 15.9 Å². The first kappa shape index (κ1) is 28.2. The van der Waals surface area contributed by atoms with E-state index >= 15 is 0 Å². The predicted molar refractivity (Wildman–Crippen MR) is 125 cm³/mol. The number of carboxylic acid groups (broad SMARTS) is 1. The summed E-state index contributed by atoms with van der Waals surface area (Å²) < 4.78 is 32.0. The molecule has 3 atom stereocenters. The predicted octanol–water partition coefficient (Wildman–Crippen LogP) is 0.270. The van der Waals surface area contributed by atoms with Crippen LogP contribution in [0.2, 0.25) is 0 Å². The molecule has 0 aliphatic carbocycles. The van der Waals surface area contributed by atoms with E-state index in [1.165, 1.54) is 13.8 Å². The quantitative estimate of drug-likeness (QED) is 0.182. The summed E-state index contributed by atoms with van der Waals surface area (Å²) in [7, 11) is -4.23. The van der Waals surface area contributed by atoms with E-state index in [0.717, 1.165) is 5.56 Å². The third-order valence-electron chi connectivity index (χ3n) is 5.25. The first-order valence-corrected chi connectivity index (χ1v) is 11.8. The Morgan fingerprint density at radius 1 is 1.31 bits per heavy atom. The summed E-state index contributed by atoms with van der Waals surface area (Å²) in [5.41, 5.74) is 9.89. The molecule has 1 saturated heterocycles. The number of sulfonamides is 1. The molecule has 192 valence electrons. The van der Waals surface area contributed by atoms with Crippen LogP contribution in [0.15, 0.2) is 33.7 Å². The number of hydroxylamine groups is 1. The summed E-state index contributed by atoms with van der Waals surface area (Å²) in [5.74, 6) is -1.97. The van der Waals surface area contributed by atoms with Gasteiger partial charge in [-0.3, -0.25) is 19.8 Å². The Labute approximate surface area is 207 Å². The van der Waals surface area contributed by atoms with Crippen LogP contribution in [0, 0.1) is 19.3 Å². The molecule has 13 nitrogen and oxygen atoms in total. The highest BCUT2D eigenvalue weighted by molar-refractivity contribution is 7.89. The normalized spacial score (nSPS) is 18.5. The van der Waals surface area contributed by atoms with Crippen LogP contribution in [0.5, 0.6) is 0 Å². The number of nitrogens with zero attached hydrogens (tertiary/aromatic N) is 1. The molecule has 0 saturated carbocycles. The molecule has 1 aromatic heterocycles. The van der Waals surface area contributed by atoms with E-state index in [4.69, 9.17) is 20.5 Å². The van der Waals surface area contributed by atoms with Gasteiger partial charge < -0.3 is 20.7 Å². The standard InChI is InChI=1S/C20H26N6O7S.ClH/c1-10-18(11(2)32-24-10)34(30,31)26-16(20(28)29)9-23-17(27)8-14-7-15(25-33-14)12-3-5-13(6-4-12)19(21)22;/h3-6,14-16,25-26H,7-9H2,1-2H3,(H3,21,22)(H,23,27)(H,28,29);1H/t14-,15?,16+;/m1./s1. The van der Waals surface area contributed by atoms with E-state index in [-0.39, 0.29) is 47.1 Å². The highest BCUT2D eigenvalue weighted by atomic mass is 35.5. The molecule has 1 fully saturated rings. The van der Waals surface area contributed by atoms with Crippen LogP contribution in [0.25, 0.3) is 0 Å². The fourth-order valence-corrected chi connectivity index (χ4v) is 5.06. The van der Waals surface area contributed by atoms with E-state index in [1.54, 1.807) is 12.1 Å². The summed E-state index contributed by atoms with van der Waals surface area (Å²) in [6, 6.07) is 5.28. The van der Waals surface area contributed by atoms with Crippen molar-refractivity contribution >= 4 is 40.1 Å². The van der Waals surface area contributed by atoms with Crippen molar-refractivity contribution in [3.8, 4) is 0 Å². The number of amides is 1. The molecule has 2 heterocycles. The Bertz CT molecular complexity index is 1170. The van der Waals surface area contributed by atoms with E-state index in [2.05, 4.69) is 20.7 Å². The monoisotopic (exact) mass is 530 g/mol. The Morgan fingerprint density at radius 3 is 2.51 bits per heavy atom. The van der Waals surface area contributed by atoms with Crippen LogP contribution < -0.4 is 21.3 Å². The first-order chi connectivity index (χ1) is 16.0.